The molecule has 4 rings (SSSR count). The molecule has 0 saturated carbocycles. The Balaban J connectivity index is 1.40. The SMILES string of the molecule is O=C(CN(Cc1ccccc1)S(=O)(=O)c1ccc(Br)cc1)NCCNc1ccnc2cc(Cl)ccc12. The largest absolute Gasteiger partial charge is 0.383 e. The van der Waals surface area contributed by atoms with Crippen LogP contribution in [-0.4, -0.2) is 43.2 Å². The molecule has 0 bridgehead atoms. The summed E-state index contributed by atoms with van der Waals surface area (Å²) in [6.45, 7) is 0.541. The third-order valence-electron chi connectivity index (χ3n) is 5.44. The molecule has 186 valence electrons. The molecule has 0 aliphatic carbocycles. The summed E-state index contributed by atoms with van der Waals surface area (Å²) in [5.74, 6) is -0.389. The van der Waals surface area contributed by atoms with Crippen LogP contribution in [0.15, 0.2) is 94.4 Å². The predicted octanol–water partition coefficient (Wildman–Crippen LogP) is 5.07. The van der Waals surface area contributed by atoms with E-state index in [4.69, 9.17) is 11.6 Å². The van der Waals surface area contributed by atoms with Crippen molar-refractivity contribution >= 4 is 60.1 Å². The minimum absolute atomic E-state index is 0.0798. The zero-order valence-electron chi connectivity index (χ0n) is 19.2. The van der Waals surface area contributed by atoms with Gasteiger partial charge in [0.05, 0.1) is 17.0 Å². The van der Waals surface area contributed by atoms with Crippen molar-refractivity contribution in [1.82, 2.24) is 14.6 Å². The summed E-state index contributed by atoms with van der Waals surface area (Å²) in [6.07, 6.45) is 1.69. The highest BCUT2D eigenvalue weighted by atomic mass is 79.9. The Hall–Kier alpha value is -2.98. The molecule has 0 unspecified atom stereocenters. The smallest absolute Gasteiger partial charge is 0.243 e. The first kappa shape index (κ1) is 26.1. The highest BCUT2D eigenvalue weighted by molar-refractivity contribution is 9.10. The van der Waals surface area contributed by atoms with Crippen molar-refractivity contribution in [3.8, 4) is 0 Å². The number of amides is 1. The lowest BCUT2D eigenvalue weighted by Crippen LogP contribution is -2.41. The van der Waals surface area contributed by atoms with Crippen LogP contribution >= 0.6 is 27.5 Å². The fourth-order valence-corrected chi connectivity index (χ4v) is 5.47. The Bertz CT molecular complexity index is 1450. The molecule has 0 aliphatic rings. The number of halogens is 2. The summed E-state index contributed by atoms with van der Waals surface area (Å²) >= 11 is 9.37. The van der Waals surface area contributed by atoms with E-state index in [1.54, 1.807) is 30.5 Å². The number of sulfonamides is 1. The van der Waals surface area contributed by atoms with Crippen LogP contribution in [-0.2, 0) is 21.4 Å². The molecule has 36 heavy (non-hydrogen) atoms. The van der Waals surface area contributed by atoms with E-state index in [0.29, 0.717) is 18.1 Å². The van der Waals surface area contributed by atoms with Crippen molar-refractivity contribution in [2.45, 2.75) is 11.4 Å². The second kappa shape index (κ2) is 11.8. The van der Waals surface area contributed by atoms with Crippen molar-refractivity contribution < 1.29 is 13.2 Å². The molecule has 7 nitrogen and oxygen atoms in total. The third kappa shape index (κ3) is 6.61. The van der Waals surface area contributed by atoms with Gasteiger partial charge < -0.3 is 10.6 Å². The first-order chi connectivity index (χ1) is 17.3. The highest BCUT2D eigenvalue weighted by Gasteiger charge is 2.26. The maximum absolute atomic E-state index is 13.3. The van der Waals surface area contributed by atoms with Gasteiger partial charge in [0.15, 0.2) is 0 Å². The summed E-state index contributed by atoms with van der Waals surface area (Å²) in [7, 11) is -3.89. The molecule has 0 atom stereocenters. The molecule has 0 radical (unpaired) electrons. The van der Waals surface area contributed by atoms with E-state index in [1.807, 2.05) is 42.5 Å². The van der Waals surface area contributed by atoms with Gasteiger partial charge in [0, 0.05) is 46.4 Å². The number of hydrogen-bond donors (Lipinski definition) is 2. The summed E-state index contributed by atoms with van der Waals surface area (Å²) < 4.78 is 28.7. The van der Waals surface area contributed by atoms with E-state index in [1.165, 1.54) is 16.4 Å². The number of carbonyl (C=O) groups is 1. The highest BCUT2D eigenvalue weighted by Crippen LogP contribution is 2.24. The number of carbonyl (C=O) groups excluding carboxylic acids is 1. The number of fused-ring (bicyclic) bond motifs is 1. The van der Waals surface area contributed by atoms with Gasteiger partial charge in [0.25, 0.3) is 0 Å². The van der Waals surface area contributed by atoms with Crippen LogP contribution in [0, 0.1) is 0 Å². The molecule has 1 heterocycles. The van der Waals surface area contributed by atoms with Crippen LogP contribution in [0.25, 0.3) is 10.9 Å². The molecule has 2 N–H and O–H groups in total. The fourth-order valence-electron chi connectivity index (χ4n) is 3.66. The molecule has 1 aromatic heterocycles. The monoisotopic (exact) mass is 586 g/mol. The lowest BCUT2D eigenvalue weighted by Gasteiger charge is -2.22. The summed E-state index contributed by atoms with van der Waals surface area (Å²) in [5, 5.41) is 7.62. The number of nitrogens with zero attached hydrogens (tertiary/aromatic N) is 2. The second-order valence-corrected chi connectivity index (χ2v) is 11.3. The van der Waals surface area contributed by atoms with E-state index >= 15 is 0 Å². The Morgan fingerprint density at radius 3 is 2.47 bits per heavy atom. The molecule has 0 fully saturated rings. The zero-order chi connectivity index (χ0) is 25.5. The number of rotatable bonds is 10. The van der Waals surface area contributed by atoms with Gasteiger partial charge in [-0.3, -0.25) is 9.78 Å². The van der Waals surface area contributed by atoms with Crippen LogP contribution in [0.3, 0.4) is 0 Å². The minimum Gasteiger partial charge on any atom is -0.383 e. The average Bonchev–Trinajstić information content (AvgIpc) is 2.87. The van der Waals surface area contributed by atoms with Gasteiger partial charge in [-0.1, -0.05) is 57.9 Å². The summed E-state index contributed by atoms with van der Waals surface area (Å²) in [4.78, 5) is 17.2. The number of hydrogen-bond acceptors (Lipinski definition) is 5. The molecular weight excluding hydrogens is 564 g/mol. The van der Waals surface area contributed by atoms with E-state index in [9.17, 15) is 13.2 Å². The van der Waals surface area contributed by atoms with Crippen LogP contribution < -0.4 is 10.6 Å². The van der Waals surface area contributed by atoms with Crippen LogP contribution in [0.5, 0.6) is 0 Å². The maximum atomic E-state index is 13.3. The molecule has 3 aromatic carbocycles. The number of pyridine rings is 1. The Labute approximate surface area is 223 Å². The van der Waals surface area contributed by atoms with Crippen LogP contribution in [0.1, 0.15) is 5.56 Å². The van der Waals surface area contributed by atoms with Gasteiger partial charge in [-0.05, 0) is 54.1 Å². The van der Waals surface area contributed by atoms with Crippen LogP contribution in [0.2, 0.25) is 5.02 Å². The third-order valence-corrected chi connectivity index (χ3v) is 8.01. The normalized spacial score (nSPS) is 11.5. The topological polar surface area (TPSA) is 91.4 Å². The standard InChI is InChI=1S/C26H24BrClN4O3S/c27-20-6-9-22(10-7-20)36(34,35)32(17-19-4-2-1-3-5-19)18-26(33)31-15-14-30-24-12-13-29-25-16-21(28)8-11-23(24)25/h1-13,16H,14-15,17-18H2,(H,29,30)(H,31,33). The second-order valence-electron chi connectivity index (χ2n) is 8.01. The maximum Gasteiger partial charge on any atom is 0.243 e. The van der Waals surface area contributed by atoms with Gasteiger partial charge in [0.2, 0.25) is 15.9 Å². The molecule has 0 saturated heterocycles. The van der Waals surface area contributed by atoms with Gasteiger partial charge in [-0.25, -0.2) is 8.42 Å². The summed E-state index contributed by atoms with van der Waals surface area (Å²) in [5.41, 5.74) is 2.43. The predicted molar refractivity (Wildman–Crippen MR) is 146 cm³/mol. The molecule has 0 spiro atoms. The van der Waals surface area contributed by atoms with Gasteiger partial charge >= 0.3 is 0 Å². The first-order valence-electron chi connectivity index (χ1n) is 11.2. The van der Waals surface area contributed by atoms with E-state index in [2.05, 4.69) is 31.5 Å². The molecule has 4 aromatic rings. The van der Waals surface area contributed by atoms with Gasteiger partial charge in [0.1, 0.15) is 0 Å². The van der Waals surface area contributed by atoms with Gasteiger partial charge in [-0.15, -0.1) is 0 Å². The van der Waals surface area contributed by atoms with Gasteiger partial charge in [-0.2, -0.15) is 4.31 Å². The van der Waals surface area contributed by atoms with Crippen molar-refractivity contribution in [3.05, 3.63) is 100 Å². The fraction of sp³-hybridized carbons (Fsp3) is 0.154. The van der Waals surface area contributed by atoms with Crippen molar-refractivity contribution in [3.63, 3.8) is 0 Å². The number of nitrogens with one attached hydrogen (secondary N) is 2. The van der Waals surface area contributed by atoms with Crippen molar-refractivity contribution in [2.75, 3.05) is 25.0 Å². The number of benzene rings is 3. The van der Waals surface area contributed by atoms with Crippen molar-refractivity contribution in [2.24, 2.45) is 0 Å². The lowest BCUT2D eigenvalue weighted by atomic mass is 10.2. The average molecular weight is 588 g/mol. The Kier molecular flexibility index (Phi) is 8.58. The summed E-state index contributed by atoms with van der Waals surface area (Å²) in [6, 6.07) is 22.9. The molecule has 10 heteroatoms. The Morgan fingerprint density at radius 1 is 0.972 bits per heavy atom. The number of aromatic nitrogens is 1. The lowest BCUT2D eigenvalue weighted by molar-refractivity contribution is -0.121. The molecular formula is C26H24BrClN4O3S. The van der Waals surface area contributed by atoms with Crippen molar-refractivity contribution in [1.29, 1.82) is 0 Å². The van der Waals surface area contributed by atoms with E-state index < -0.39 is 10.0 Å². The van der Waals surface area contributed by atoms with Crippen LogP contribution in [0.4, 0.5) is 5.69 Å². The van der Waals surface area contributed by atoms with E-state index in [0.717, 1.165) is 26.6 Å². The zero-order valence-corrected chi connectivity index (χ0v) is 22.4. The Morgan fingerprint density at radius 2 is 1.72 bits per heavy atom. The first-order valence-corrected chi connectivity index (χ1v) is 13.8. The number of anilines is 1. The van der Waals surface area contributed by atoms with E-state index in [-0.39, 0.29) is 23.9 Å². The quantitative estimate of drug-likeness (QED) is 0.253. The minimum atomic E-state index is -3.89. The molecule has 0 aliphatic heterocycles. The molecule has 1 amide bonds.